The lowest BCUT2D eigenvalue weighted by atomic mass is 9.70. The van der Waals surface area contributed by atoms with Gasteiger partial charge in [0.05, 0.1) is 5.41 Å². The molecule has 1 atom stereocenters. The third-order valence-corrected chi connectivity index (χ3v) is 5.35. The summed E-state index contributed by atoms with van der Waals surface area (Å²) in [6.07, 6.45) is 4.68. The van der Waals surface area contributed by atoms with Gasteiger partial charge in [-0.25, -0.2) is 0 Å². The minimum absolute atomic E-state index is 0.0199. The van der Waals surface area contributed by atoms with E-state index >= 15 is 0 Å². The fourth-order valence-corrected chi connectivity index (χ4v) is 4.36. The van der Waals surface area contributed by atoms with Gasteiger partial charge in [0.1, 0.15) is 0 Å². The average molecular weight is 305 g/mol. The van der Waals surface area contributed by atoms with E-state index in [0.717, 1.165) is 13.0 Å². The van der Waals surface area contributed by atoms with Crippen molar-refractivity contribution in [3.8, 4) is 0 Å². The summed E-state index contributed by atoms with van der Waals surface area (Å²) in [6, 6.07) is 22.7. The summed E-state index contributed by atoms with van der Waals surface area (Å²) in [6.45, 7) is 7.85. The van der Waals surface area contributed by atoms with Crippen LogP contribution in [0.3, 0.4) is 0 Å². The molecule has 1 nitrogen and oxygen atoms in total. The van der Waals surface area contributed by atoms with Crippen LogP contribution in [0.4, 0.5) is 0 Å². The predicted molar refractivity (Wildman–Crippen MR) is 98.5 cm³/mol. The Bertz CT molecular complexity index is 617. The van der Waals surface area contributed by atoms with Crippen LogP contribution in [-0.2, 0) is 5.41 Å². The highest BCUT2D eigenvalue weighted by Crippen LogP contribution is 2.51. The number of nitrogens with zero attached hydrogens (tertiary/aromatic N) is 1. The maximum atomic E-state index is 2.61. The minimum Gasteiger partial charge on any atom is -0.371 e. The van der Waals surface area contributed by atoms with E-state index in [1.807, 2.05) is 0 Å². The number of hydrogen-bond acceptors (Lipinski definition) is 1. The van der Waals surface area contributed by atoms with Gasteiger partial charge in [-0.1, -0.05) is 73.7 Å². The Morgan fingerprint density at radius 2 is 1.48 bits per heavy atom. The largest absolute Gasteiger partial charge is 0.371 e. The zero-order valence-corrected chi connectivity index (χ0v) is 14.5. The summed E-state index contributed by atoms with van der Waals surface area (Å²) in [7, 11) is 0. The molecule has 3 rings (SSSR count). The Balaban J connectivity index is 2.25. The number of rotatable bonds is 4. The van der Waals surface area contributed by atoms with Crippen molar-refractivity contribution in [3.05, 3.63) is 83.6 Å². The molecular formula is C22H27N. The van der Waals surface area contributed by atoms with E-state index in [2.05, 4.69) is 92.4 Å². The molecule has 1 fully saturated rings. The molecule has 0 N–H and O–H groups in total. The lowest BCUT2D eigenvalue weighted by Gasteiger charge is -2.34. The third-order valence-electron chi connectivity index (χ3n) is 5.35. The lowest BCUT2D eigenvalue weighted by Crippen LogP contribution is -2.30. The molecule has 1 heterocycles. The summed E-state index contributed by atoms with van der Waals surface area (Å²) in [5.74, 6) is 0. The average Bonchev–Trinajstić information content (AvgIpc) is 2.97. The maximum absolute atomic E-state index is 2.61. The van der Waals surface area contributed by atoms with Gasteiger partial charge >= 0.3 is 0 Å². The van der Waals surface area contributed by atoms with Gasteiger partial charge < -0.3 is 4.90 Å². The van der Waals surface area contributed by atoms with Crippen molar-refractivity contribution in [1.82, 2.24) is 4.90 Å². The number of benzene rings is 2. The van der Waals surface area contributed by atoms with Crippen LogP contribution in [0.2, 0.25) is 0 Å². The van der Waals surface area contributed by atoms with Crippen molar-refractivity contribution < 1.29 is 0 Å². The minimum atomic E-state index is -0.0199. The van der Waals surface area contributed by atoms with E-state index in [4.69, 9.17) is 0 Å². The van der Waals surface area contributed by atoms with Gasteiger partial charge in [0.2, 0.25) is 0 Å². The van der Waals surface area contributed by atoms with Crippen LogP contribution in [0.15, 0.2) is 72.4 Å². The number of likely N-dealkylation sites (N-methyl/N-ethyl adjacent to an activating group) is 1. The summed E-state index contributed by atoms with van der Waals surface area (Å²) in [4.78, 5) is 2.61. The molecule has 0 saturated carbocycles. The maximum Gasteiger partial charge on any atom is 0.0616 e. The summed E-state index contributed by atoms with van der Waals surface area (Å²) >= 11 is 0. The standard InChI is InChI=1S/C22H27N/c1-4-20-17-22(18-13-9-7-10-14-18,19-15-11-8-12-16-19)21(5-2)23(20)6-3/h5,7-16,20H,4,6,17H2,1-3H3. The highest BCUT2D eigenvalue weighted by Gasteiger charge is 2.48. The van der Waals surface area contributed by atoms with E-state index in [1.165, 1.54) is 23.2 Å². The highest BCUT2D eigenvalue weighted by atomic mass is 15.2. The van der Waals surface area contributed by atoms with Crippen LogP contribution in [0.5, 0.6) is 0 Å². The van der Waals surface area contributed by atoms with E-state index in [-0.39, 0.29) is 5.41 Å². The van der Waals surface area contributed by atoms with Crippen LogP contribution in [-0.4, -0.2) is 17.5 Å². The van der Waals surface area contributed by atoms with Crippen molar-refractivity contribution in [2.75, 3.05) is 6.54 Å². The Hall–Kier alpha value is -2.02. The normalized spacial score (nSPS) is 21.8. The second-order valence-electron chi connectivity index (χ2n) is 6.36. The van der Waals surface area contributed by atoms with Gasteiger partial charge in [-0.05, 0) is 37.8 Å². The highest BCUT2D eigenvalue weighted by molar-refractivity contribution is 5.50. The van der Waals surface area contributed by atoms with Crippen molar-refractivity contribution in [1.29, 1.82) is 0 Å². The Labute approximate surface area is 140 Å². The molecule has 23 heavy (non-hydrogen) atoms. The van der Waals surface area contributed by atoms with Gasteiger partial charge in [0.15, 0.2) is 0 Å². The monoisotopic (exact) mass is 305 g/mol. The first-order valence-electron chi connectivity index (χ1n) is 8.82. The van der Waals surface area contributed by atoms with Gasteiger partial charge in [0.25, 0.3) is 0 Å². The van der Waals surface area contributed by atoms with Crippen LogP contribution < -0.4 is 0 Å². The van der Waals surface area contributed by atoms with E-state index in [0.29, 0.717) is 6.04 Å². The van der Waals surface area contributed by atoms with Crippen molar-refractivity contribution in [3.63, 3.8) is 0 Å². The zero-order chi connectivity index (χ0) is 16.3. The molecule has 1 unspecified atom stereocenters. The molecule has 1 aliphatic rings. The second kappa shape index (κ2) is 6.62. The molecular weight excluding hydrogens is 278 g/mol. The molecule has 0 aliphatic carbocycles. The van der Waals surface area contributed by atoms with Crippen LogP contribution in [0, 0.1) is 0 Å². The first kappa shape index (κ1) is 15.9. The molecule has 0 amide bonds. The smallest absolute Gasteiger partial charge is 0.0616 e. The molecule has 1 saturated heterocycles. The van der Waals surface area contributed by atoms with E-state index < -0.39 is 0 Å². The Kier molecular flexibility index (Phi) is 4.56. The molecule has 1 heteroatoms. The van der Waals surface area contributed by atoms with E-state index in [1.54, 1.807) is 0 Å². The molecule has 2 aromatic rings. The van der Waals surface area contributed by atoms with Crippen LogP contribution in [0.1, 0.15) is 44.7 Å². The number of hydrogen-bond donors (Lipinski definition) is 0. The third kappa shape index (κ3) is 2.49. The lowest BCUT2D eigenvalue weighted by molar-refractivity contribution is 0.300. The predicted octanol–water partition coefficient (Wildman–Crippen LogP) is 5.38. The SMILES string of the molecule is CC=C1N(CC)C(CC)CC1(c1ccccc1)c1ccccc1. The van der Waals surface area contributed by atoms with Crippen LogP contribution in [0.25, 0.3) is 0 Å². The van der Waals surface area contributed by atoms with Crippen molar-refractivity contribution in [2.24, 2.45) is 0 Å². The topological polar surface area (TPSA) is 3.24 Å². The Morgan fingerprint density at radius 3 is 1.87 bits per heavy atom. The zero-order valence-electron chi connectivity index (χ0n) is 14.5. The van der Waals surface area contributed by atoms with E-state index in [9.17, 15) is 0 Å². The summed E-state index contributed by atoms with van der Waals surface area (Å²) in [5.41, 5.74) is 4.26. The van der Waals surface area contributed by atoms with Gasteiger partial charge in [-0.3, -0.25) is 0 Å². The molecule has 1 aliphatic heterocycles. The van der Waals surface area contributed by atoms with Gasteiger partial charge in [0, 0.05) is 18.3 Å². The first-order valence-corrected chi connectivity index (χ1v) is 8.82. The van der Waals surface area contributed by atoms with Gasteiger partial charge in [-0.2, -0.15) is 0 Å². The number of likely N-dealkylation sites (tertiary alicyclic amines) is 1. The van der Waals surface area contributed by atoms with Crippen molar-refractivity contribution in [2.45, 2.75) is 45.1 Å². The molecule has 120 valence electrons. The number of allylic oxidation sites excluding steroid dienone is 2. The fourth-order valence-electron chi connectivity index (χ4n) is 4.36. The molecule has 0 spiro atoms. The molecule has 0 aromatic heterocycles. The fraction of sp³-hybridized carbons (Fsp3) is 0.364. The molecule has 2 aromatic carbocycles. The van der Waals surface area contributed by atoms with Gasteiger partial charge in [-0.15, -0.1) is 0 Å². The summed E-state index contributed by atoms with van der Waals surface area (Å²) in [5, 5.41) is 0. The quantitative estimate of drug-likeness (QED) is 0.733. The second-order valence-corrected chi connectivity index (χ2v) is 6.36. The summed E-state index contributed by atoms with van der Waals surface area (Å²) < 4.78 is 0. The first-order chi connectivity index (χ1) is 11.3. The Morgan fingerprint density at radius 1 is 0.957 bits per heavy atom. The molecule has 0 radical (unpaired) electrons. The van der Waals surface area contributed by atoms with Crippen LogP contribution >= 0.6 is 0 Å². The van der Waals surface area contributed by atoms with Crippen molar-refractivity contribution >= 4 is 0 Å². The molecule has 0 bridgehead atoms.